The van der Waals surface area contributed by atoms with Gasteiger partial charge in [-0.2, -0.15) is 0 Å². The van der Waals surface area contributed by atoms with Gasteiger partial charge in [-0.3, -0.25) is 4.79 Å². The number of halogens is 1. The molecule has 2 N–H and O–H groups in total. The number of rotatable bonds is 1. The molecule has 0 saturated heterocycles. The van der Waals surface area contributed by atoms with Crippen LogP contribution in [0.1, 0.15) is 11.1 Å². The Bertz CT molecular complexity index is 296. The third kappa shape index (κ3) is 1.22. The van der Waals surface area contributed by atoms with Gasteiger partial charge in [-0.1, -0.05) is 0 Å². The van der Waals surface area contributed by atoms with Gasteiger partial charge in [0.1, 0.15) is 5.82 Å². The predicted molar refractivity (Wildman–Crippen MR) is 40.3 cm³/mol. The maximum Gasteiger partial charge on any atom is 0.235 e. The molecule has 2 nitrogen and oxygen atoms in total. The molecular weight excluding hydrogens is 145 g/mol. The Morgan fingerprint density at radius 1 is 1.55 bits per heavy atom. The molecule has 0 aromatic heterocycles. The quantitative estimate of drug-likeness (QED) is 0.614. The number of benzene rings is 1. The van der Waals surface area contributed by atoms with Gasteiger partial charge >= 0.3 is 0 Å². The van der Waals surface area contributed by atoms with Gasteiger partial charge in [0.15, 0.2) is 0 Å². The molecule has 0 saturated carbocycles. The Morgan fingerprint density at radius 3 is 2.73 bits per heavy atom. The zero-order valence-corrected chi connectivity index (χ0v) is 6.02. The molecule has 3 heteroatoms. The summed E-state index contributed by atoms with van der Waals surface area (Å²) in [5.74, 6) is -0.401. The molecule has 0 atom stereocenters. The second kappa shape index (κ2) is 2.70. The molecule has 0 bridgehead atoms. The zero-order valence-electron chi connectivity index (χ0n) is 6.02. The van der Waals surface area contributed by atoms with Crippen molar-refractivity contribution in [3.63, 3.8) is 0 Å². The molecular formula is C8H7FNO. The second-order valence-electron chi connectivity index (χ2n) is 2.24. The van der Waals surface area contributed by atoms with Crippen LogP contribution in [0.25, 0.3) is 0 Å². The molecule has 0 heterocycles. The molecule has 0 spiro atoms. The van der Waals surface area contributed by atoms with Crippen LogP contribution in [0, 0.1) is 12.7 Å². The van der Waals surface area contributed by atoms with E-state index in [-0.39, 0.29) is 11.3 Å². The Labute approximate surface area is 63.8 Å². The first-order valence-electron chi connectivity index (χ1n) is 3.09. The molecule has 11 heavy (non-hydrogen) atoms. The van der Waals surface area contributed by atoms with E-state index in [9.17, 15) is 9.18 Å². The minimum atomic E-state index is -0.401. The maximum atomic E-state index is 12.7. The average molecular weight is 152 g/mol. The van der Waals surface area contributed by atoms with Gasteiger partial charge in [-0.15, -0.1) is 0 Å². The van der Waals surface area contributed by atoms with E-state index < -0.39 is 5.82 Å². The third-order valence-corrected chi connectivity index (χ3v) is 1.56. The SMILES string of the molecule is Cc1c(F)ccc([C]=O)c1N. The van der Waals surface area contributed by atoms with Crippen molar-refractivity contribution in [2.45, 2.75) is 6.92 Å². The number of nitrogen functional groups attached to an aromatic ring is 1. The number of hydrogen-bond acceptors (Lipinski definition) is 2. The van der Waals surface area contributed by atoms with Crippen LogP contribution in [0.2, 0.25) is 0 Å². The summed E-state index contributed by atoms with van der Waals surface area (Å²) in [6.45, 7) is 1.52. The highest BCUT2D eigenvalue weighted by Gasteiger charge is 2.05. The fourth-order valence-electron chi connectivity index (χ4n) is 0.791. The van der Waals surface area contributed by atoms with Crippen molar-refractivity contribution < 1.29 is 9.18 Å². The Morgan fingerprint density at radius 2 is 2.18 bits per heavy atom. The van der Waals surface area contributed by atoms with Gasteiger partial charge in [0.25, 0.3) is 0 Å². The molecule has 0 aliphatic carbocycles. The number of anilines is 1. The van der Waals surface area contributed by atoms with Crippen molar-refractivity contribution in [2.75, 3.05) is 5.73 Å². The van der Waals surface area contributed by atoms with Crippen LogP contribution in [0.15, 0.2) is 12.1 Å². The summed E-state index contributed by atoms with van der Waals surface area (Å²) >= 11 is 0. The topological polar surface area (TPSA) is 43.1 Å². The van der Waals surface area contributed by atoms with Crippen molar-refractivity contribution in [3.8, 4) is 0 Å². The first-order chi connectivity index (χ1) is 5.16. The summed E-state index contributed by atoms with van der Waals surface area (Å²) in [6, 6.07) is 2.51. The molecule has 1 aromatic rings. The smallest absolute Gasteiger partial charge is 0.235 e. The van der Waals surface area contributed by atoms with E-state index in [0.29, 0.717) is 5.56 Å². The average Bonchev–Trinajstić information content (AvgIpc) is 2.01. The highest BCUT2D eigenvalue weighted by Crippen LogP contribution is 2.17. The summed E-state index contributed by atoms with van der Waals surface area (Å²) in [5, 5.41) is 0. The van der Waals surface area contributed by atoms with Crippen molar-refractivity contribution in [1.82, 2.24) is 0 Å². The molecule has 57 valence electrons. The highest BCUT2D eigenvalue weighted by molar-refractivity contribution is 5.84. The minimum Gasteiger partial charge on any atom is -0.398 e. The second-order valence-corrected chi connectivity index (χ2v) is 2.24. The van der Waals surface area contributed by atoms with E-state index in [1.807, 2.05) is 0 Å². The Kier molecular flexibility index (Phi) is 1.89. The molecule has 0 aliphatic heterocycles. The van der Waals surface area contributed by atoms with Gasteiger partial charge in [-0.25, -0.2) is 4.39 Å². The highest BCUT2D eigenvalue weighted by atomic mass is 19.1. The molecule has 0 aliphatic rings. The van der Waals surface area contributed by atoms with Gasteiger partial charge in [0.2, 0.25) is 6.29 Å². The van der Waals surface area contributed by atoms with Crippen LogP contribution in [0.4, 0.5) is 10.1 Å². The molecule has 1 radical (unpaired) electrons. The Balaban J connectivity index is 3.36. The molecule has 0 amide bonds. The van der Waals surface area contributed by atoms with Crippen molar-refractivity contribution in [2.24, 2.45) is 0 Å². The van der Waals surface area contributed by atoms with Crippen molar-refractivity contribution in [1.29, 1.82) is 0 Å². The van der Waals surface area contributed by atoms with E-state index in [2.05, 4.69) is 0 Å². The minimum absolute atomic E-state index is 0.167. The molecule has 1 rings (SSSR count). The van der Waals surface area contributed by atoms with Gasteiger partial charge in [0.05, 0.1) is 0 Å². The van der Waals surface area contributed by atoms with Crippen molar-refractivity contribution in [3.05, 3.63) is 29.1 Å². The largest absolute Gasteiger partial charge is 0.398 e. The fraction of sp³-hybridized carbons (Fsp3) is 0.125. The molecule has 0 fully saturated rings. The summed E-state index contributed by atoms with van der Waals surface area (Å²) in [4.78, 5) is 10.2. The third-order valence-electron chi connectivity index (χ3n) is 1.56. The summed E-state index contributed by atoms with van der Waals surface area (Å²) in [6.07, 6.45) is 1.62. The first-order valence-corrected chi connectivity index (χ1v) is 3.09. The number of carbonyl (C=O) groups excluding carboxylic acids is 1. The van der Waals surface area contributed by atoms with E-state index in [0.717, 1.165) is 0 Å². The summed E-state index contributed by atoms with van der Waals surface area (Å²) < 4.78 is 12.7. The predicted octanol–water partition coefficient (Wildman–Crippen LogP) is 1.17. The van der Waals surface area contributed by atoms with Gasteiger partial charge in [-0.05, 0) is 19.1 Å². The lowest BCUT2D eigenvalue weighted by Gasteiger charge is -2.02. The number of hydrogen-bond donors (Lipinski definition) is 1. The lowest BCUT2D eigenvalue weighted by atomic mass is 10.1. The van der Waals surface area contributed by atoms with E-state index in [1.165, 1.54) is 19.1 Å². The van der Waals surface area contributed by atoms with Crippen LogP contribution in [0.3, 0.4) is 0 Å². The Hall–Kier alpha value is -1.38. The van der Waals surface area contributed by atoms with Crippen molar-refractivity contribution >= 4 is 12.0 Å². The molecule has 1 aromatic carbocycles. The van der Waals surface area contributed by atoms with Gasteiger partial charge in [0, 0.05) is 16.8 Å². The molecule has 0 unspecified atom stereocenters. The number of nitrogens with two attached hydrogens (primary N) is 1. The summed E-state index contributed by atoms with van der Waals surface area (Å²) in [5.41, 5.74) is 6.07. The van der Waals surface area contributed by atoms with Crippen LogP contribution in [-0.2, 0) is 4.79 Å². The van der Waals surface area contributed by atoms with Crippen LogP contribution < -0.4 is 5.73 Å². The maximum absolute atomic E-state index is 12.7. The fourth-order valence-corrected chi connectivity index (χ4v) is 0.791. The van der Waals surface area contributed by atoms with Gasteiger partial charge < -0.3 is 5.73 Å². The van der Waals surface area contributed by atoms with Crippen LogP contribution in [0.5, 0.6) is 0 Å². The van der Waals surface area contributed by atoms with E-state index in [1.54, 1.807) is 6.29 Å². The summed E-state index contributed by atoms with van der Waals surface area (Å²) in [7, 11) is 0. The van der Waals surface area contributed by atoms with Crippen LogP contribution in [-0.4, -0.2) is 6.29 Å². The standard InChI is InChI=1S/C8H7FNO/c1-5-7(9)3-2-6(4-11)8(5)10/h2-3H,10H2,1H3. The van der Waals surface area contributed by atoms with E-state index >= 15 is 0 Å². The monoisotopic (exact) mass is 152 g/mol. The normalized spacial score (nSPS) is 9.64. The first kappa shape index (κ1) is 7.72. The zero-order chi connectivity index (χ0) is 8.43. The van der Waals surface area contributed by atoms with E-state index in [4.69, 9.17) is 5.73 Å². The lowest BCUT2D eigenvalue weighted by Crippen LogP contribution is -1.98. The lowest BCUT2D eigenvalue weighted by molar-refractivity contribution is 0.562. The van der Waals surface area contributed by atoms with Crippen LogP contribution >= 0.6 is 0 Å².